The van der Waals surface area contributed by atoms with Crippen molar-refractivity contribution >= 4 is 40.0 Å². The smallest absolute Gasteiger partial charge is 0.182 e. The maximum absolute atomic E-state index is 6.22. The summed E-state index contributed by atoms with van der Waals surface area (Å²) < 4.78 is 1.08. The monoisotopic (exact) mass is 416 g/mol. The quantitative estimate of drug-likeness (QED) is 0.701. The standard InChI is InChI=1S/C15H18ClIN4/c1-3-6-11-12(17)14(19-8-4-2)21-15(20-11)13-10(16)7-5-9-18-13/h5,7,9H,3-4,6,8H2,1-2H3,(H,19,20,21). The Hall–Kier alpha value is -0.950. The van der Waals surface area contributed by atoms with Crippen LogP contribution in [0.5, 0.6) is 0 Å². The number of halogens is 2. The summed E-state index contributed by atoms with van der Waals surface area (Å²) in [5, 5.41) is 3.93. The van der Waals surface area contributed by atoms with Crippen LogP contribution in [-0.2, 0) is 6.42 Å². The van der Waals surface area contributed by atoms with Crippen molar-refractivity contribution in [3.63, 3.8) is 0 Å². The van der Waals surface area contributed by atoms with Gasteiger partial charge in [0.15, 0.2) is 5.82 Å². The molecule has 0 bridgehead atoms. The van der Waals surface area contributed by atoms with Gasteiger partial charge in [-0.1, -0.05) is 31.9 Å². The molecule has 0 saturated carbocycles. The molecule has 2 aromatic heterocycles. The molecule has 2 aromatic rings. The van der Waals surface area contributed by atoms with E-state index in [1.165, 1.54) is 0 Å². The predicted octanol–water partition coefficient (Wildman–Crippen LogP) is 4.57. The van der Waals surface area contributed by atoms with Gasteiger partial charge in [0, 0.05) is 12.7 Å². The molecule has 2 heterocycles. The Bertz CT molecular complexity index is 619. The maximum Gasteiger partial charge on any atom is 0.182 e. The van der Waals surface area contributed by atoms with Crippen molar-refractivity contribution in [2.75, 3.05) is 11.9 Å². The molecule has 4 nitrogen and oxygen atoms in total. The summed E-state index contributed by atoms with van der Waals surface area (Å²) in [6.07, 6.45) is 4.71. The number of anilines is 1. The summed E-state index contributed by atoms with van der Waals surface area (Å²) in [7, 11) is 0. The largest absolute Gasteiger partial charge is 0.369 e. The van der Waals surface area contributed by atoms with Crippen LogP contribution in [0, 0.1) is 3.57 Å². The molecule has 1 N–H and O–H groups in total. The highest BCUT2D eigenvalue weighted by molar-refractivity contribution is 14.1. The third-order valence-corrected chi connectivity index (χ3v) is 4.36. The predicted molar refractivity (Wildman–Crippen MR) is 95.8 cm³/mol. The van der Waals surface area contributed by atoms with E-state index < -0.39 is 0 Å². The fraction of sp³-hybridized carbons (Fsp3) is 0.400. The van der Waals surface area contributed by atoms with Crippen molar-refractivity contribution < 1.29 is 0 Å². The normalized spacial score (nSPS) is 10.7. The minimum Gasteiger partial charge on any atom is -0.369 e. The van der Waals surface area contributed by atoms with E-state index in [2.05, 4.69) is 56.7 Å². The lowest BCUT2D eigenvalue weighted by molar-refractivity contribution is 0.862. The van der Waals surface area contributed by atoms with Crippen LogP contribution >= 0.6 is 34.2 Å². The molecular formula is C15H18ClIN4. The van der Waals surface area contributed by atoms with E-state index in [0.717, 1.165) is 40.9 Å². The number of aryl methyl sites for hydroxylation is 1. The van der Waals surface area contributed by atoms with Crippen molar-refractivity contribution in [1.82, 2.24) is 15.0 Å². The Morgan fingerprint density at radius 3 is 2.71 bits per heavy atom. The SMILES string of the molecule is CCCNc1nc(-c2ncccc2Cl)nc(CCC)c1I. The van der Waals surface area contributed by atoms with Gasteiger partial charge in [-0.2, -0.15) is 0 Å². The number of hydrogen-bond acceptors (Lipinski definition) is 4. The summed E-state index contributed by atoms with van der Waals surface area (Å²) in [5.74, 6) is 1.45. The average molecular weight is 417 g/mol. The highest BCUT2D eigenvalue weighted by Crippen LogP contribution is 2.27. The highest BCUT2D eigenvalue weighted by Gasteiger charge is 2.15. The van der Waals surface area contributed by atoms with Gasteiger partial charge in [-0.05, 0) is 47.6 Å². The summed E-state index contributed by atoms with van der Waals surface area (Å²) in [4.78, 5) is 13.6. The van der Waals surface area contributed by atoms with Crippen LogP contribution in [0.15, 0.2) is 18.3 Å². The first-order chi connectivity index (χ1) is 10.2. The minimum atomic E-state index is 0.572. The molecule has 21 heavy (non-hydrogen) atoms. The van der Waals surface area contributed by atoms with E-state index >= 15 is 0 Å². The molecule has 0 spiro atoms. The zero-order chi connectivity index (χ0) is 15.2. The fourth-order valence-corrected chi connectivity index (χ4v) is 2.82. The van der Waals surface area contributed by atoms with Gasteiger partial charge in [0.2, 0.25) is 0 Å². The fourth-order valence-electron chi connectivity index (χ4n) is 1.91. The topological polar surface area (TPSA) is 50.7 Å². The Kier molecular flexibility index (Phi) is 6.17. The summed E-state index contributed by atoms with van der Waals surface area (Å²) in [5.41, 5.74) is 1.68. The van der Waals surface area contributed by atoms with Crippen LogP contribution in [0.25, 0.3) is 11.5 Å². The lowest BCUT2D eigenvalue weighted by Gasteiger charge is -2.12. The summed E-state index contributed by atoms with van der Waals surface area (Å²) in [6, 6.07) is 3.62. The van der Waals surface area contributed by atoms with Crippen LogP contribution in [0.4, 0.5) is 5.82 Å². The van der Waals surface area contributed by atoms with Crippen LogP contribution in [0.1, 0.15) is 32.4 Å². The molecule has 0 amide bonds. The average Bonchev–Trinajstić information content (AvgIpc) is 2.49. The summed E-state index contributed by atoms with van der Waals surface area (Å²) >= 11 is 8.53. The number of pyridine rings is 1. The van der Waals surface area contributed by atoms with Gasteiger partial charge in [-0.3, -0.25) is 4.98 Å². The van der Waals surface area contributed by atoms with Crippen molar-refractivity contribution in [2.45, 2.75) is 33.1 Å². The zero-order valence-electron chi connectivity index (χ0n) is 12.2. The maximum atomic E-state index is 6.22. The van der Waals surface area contributed by atoms with E-state index in [0.29, 0.717) is 16.5 Å². The molecule has 0 saturated heterocycles. The number of rotatable bonds is 6. The first-order valence-electron chi connectivity index (χ1n) is 7.08. The number of nitrogens with zero attached hydrogens (tertiary/aromatic N) is 3. The molecule has 0 aliphatic carbocycles. The highest BCUT2D eigenvalue weighted by atomic mass is 127. The number of hydrogen-bond donors (Lipinski definition) is 1. The van der Waals surface area contributed by atoms with Crippen molar-refractivity contribution in [3.05, 3.63) is 32.6 Å². The second kappa shape index (κ2) is 7.89. The molecule has 0 radical (unpaired) electrons. The lowest BCUT2D eigenvalue weighted by atomic mass is 10.2. The van der Waals surface area contributed by atoms with Gasteiger partial charge in [0.05, 0.1) is 14.3 Å². The van der Waals surface area contributed by atoms with Gasteiger partial charge < -0.3 is 5.32 Å². The van der Waals surface area contributed by atoms with Crippen LogP contribution in [0.3, 0.4) is 0 Å². The first kappa shape index (κ1) is 16.4. The Labute approximate surface area is 143 Å². The first-order valence-corrected chi connectivity index (χ1v) is 8.54. The van der Waals surface area contributed by atoms with Crippen molar-refractivity contribution in [3.8, 4) is 11.5 Å². The second-order valence-corrected chi connectivity index (χ2v) is 6.15. The molecule has 0 aromatic carbocycles. The third kappa shape index (κ3) is 4.03. The molecule has 2 rings (SSSR count). The van der Waals surface area contributed by atoms with Gasteiger partial charge in [-0.15, -0.1) is 0 Å². The van der Waals surface area contributed by atoms with Gasteiger partial charge >= 0.3 is 0 Å². The van der Waals surface area contributed by atoms with E-state index in [4.69, 9.17) is 11.6 Å². The van der Waals surface area contributed by atoms with Crippen LogP contribution in [0.2, 0.25) is 5.02 Å². The molecule has 6 heteroatoms. The van der Waals surface area contributed by atoms with E-state index in [-0.39, 0.29) is 0 Å². The van der Waals surface area contributed by atoms with Crippen LogP contribution < -0.4 is 5.32 Å². The Balaban J connectivity index is 2.50. The van der Waals surface area contributed by atoms with E-state index in [9.17, 15) is 0 Å². The number of nitrogens with one attached hydrogen (secondary N) is 1. The number of aromatic nitrogens is 3. The third-order valence-electron chi connectivity index (χ3n) is 2.92. The molecule has 0 aliphatic heterocycles. The van der Waals surface area contributed by atoms with Gasteiger partial charge in [-0.25, -0.2) is 9.97 Å². The zero-order valence-corrected chi connectivity index (χ0v) is 15.1. The van der Waals surface area contributed by atoms with E-state index in [1.54, 1.807) is 6.20 Å². The van der Waals surface area contributed by atoms with Gasteiger partial charge in [0.25, 0.3) is 0 Å². The molecule has 0 fully saturated rings. The van der Waals surface area contributed by atoms with Crippen molar-refractivity contribution in [2.24, 2.45) is 0 Å². The Morgan fingerprint density at radius 1 is 1.24 bits per heavy atom. The Morgan fingerprint density at radius 2 is 2.05 bits per heavy atom. The molecule has 0 aliphatic rings. The molecule has 112 valence electrons. The van der Waals surface area contributed by atoms with Gasteiger partial charge in [0.1, 0.15) is 11.5 Å². The van der Waals surface area contributed by atoms with Crippen molar-refractivity contribution in [1.29, 1.82) is 0 Å². The van der Waals surface area contributed by atoms with E-state index in [1.807, 2.05) is 12.1 Å². The molecular weight excluding hydrogens is 399 g/mol. The second-order valence-electron chi connectivity index (χ2n) is 4.67. The lowest BCUT2D eigenvalue weighted by Crippen LogP contribution is -2.09. The summed E-state index contributed by atoms with van der Waals surface area (Å²) in [6.45, 7) is 5.16. The van der Waals surface area contributed by atoms with Crippen LogP contribution in [-0.4, -0.2) is 21.5 Å². The minimum absolute atomic E-state index is 0.572. The molecule has 0 atom stereocenters. The molecule has 0 unspecified atom stereocenters.